The molecule has 0 radical (unpaired) electrons. The summed E-state index contributed by atoms with van der Waals surface area (Å²) in [6.07, 6.45) is 1.93. The molecule has 1 unspecified atom stereocenters. The van der Waals surface area contributed by atoms with E-state index in [-0.39, 0.29) is 5.97 Å². The lowest BCUT2D eigenvalue weighted by Crippen LogP contribution is -2.29. The normalized spacial score (nSPS) is 14.5. The lowest BCUT2D eigenvalue weighted by atomic mass is 9.98. The second-order valence-electron chi connectivity index (χ2n) is 3.94. The average molecular weight is 266 g/mol. The van der Waals surface area contributed by atoms with Gasteiger partial charge in [0.25, 0.3) is 0 Å². The molecule has 0 aliphatic rings. The molecule has 0 bridgehead atoms. The fourth-order valence-electron chi connectivity index (χ4n) is 1.78. The average Bonchev–Trinajstić information content (AvgIpc) is 2.83. The smallest absolute Gasteiger partial charge is 0.326 e. The molecule has 0 amide bonds. The van der Waals surface area contributed by atoms with Gasteiger partial charge in [-0.25, -0.2) is 0 Å². The van der Waals surface area contributed by atoms with E-state index in [1.54, 1.807) is 11.3 Å². The van der Waals surface area contributed by atoms with Crippen LogP contribution in [-0.2, 0) is 14.3 Å². The Morgan fingerprint density at radius 3 is 2.71 bits per heavy atom. The third kappa shape index (κ3) is 2.07. The highest BCUT2D eigenvalue weighted by Gasteiger charge is 2.35. The molecule has 2 aromatic rings. The maximum absolute atomic E-state index is 11.9. The molecular weight excluding hydrogens is 252 g/mol. The van der Waals surface area contributed by atoms with Gasteiger partial charge in [0.1, 0.15) is 4.75 Å². The molecule has 4 heteroatoms. The Labute approximate surface area is 109 Å². The summed E-state index contributed by atoms with van der Waals surface area (Å²) in [7, 11) is 1.43. The Morgan fingerprint density at radius 2 is 2.06 bits per heavy atom. The van der Waals surface area contributed by atoms with E-state index in [0.29, 0.717) is 0 Å². The van der Waals surface area contributed by atoms with Crippen LogP contribution < -0.4 is 0 Å². The standard InChI is InChI=1S/C13H14O2S2/c1-13(16-3,12(14)15-2)11-5-4-9-7-17-8-10(9)6-11/h4-8H,1-3H3. The molecule has 1 aromatic carbocycles. The lowest BCUT2D eigenvalue weighted by Gasteiger charge is -2.24. The van der Waals surface area contributed by atoms with Crippen molar-refractivity contribution in [2.24, 2.45) is 0 Å². The summed E-state index contributed by atoms with van der Waals surface area (Å²) < 4.78 is 4.26. The first-order valence-corrected chi connectivity index (χ1v) is 7.38. The quantitative estimate of drug-likeness (QED) is 0.793. The molecule has 0 aliphatic carbocycles. The number of esters is 1. The van der Waals surface area contributed by atoms with E-state index in [0.717, 1.165) is 5.56 Å². The molecule has 0 N–H and O–H groups in total. The Balaban J connectivity index is 2.52. The fraction of sp³-hybridized carbons (Fsp3) is 0.308. The predicted octanol–water partition coefficient (Wildman–Crippen LogP) is 3.65. The number of hydrogen-bond acceptors (Lipinski definition) is 4. The number of methoxy groups -OCH3 is 1. The molecule has 2 rings (SSSR count). The van der Waals surface area contributed by atoms with E-state index >= 15 is 0 Å². The monoisotopic (exact) mass is 266 g/mol. The van der Waals surface area contributed by atoms with Gasteiger partial charge < -0.3 is 4.74 Å². The number of rotatable bonds is 3. The van der Waals surface area contributed by atoms with Gasteiger partial charge in [0, 0.05) is 0 Å². The number of ether oxygens (including phenoxy) is 1. The number of carbonyl (C=O) groups is 1. The zero-order valence-electron chi connectivity index (χ0n) is 10.0. The van der Waals surface area contributed by atoms with Gasteiger partial charge in [0.2, 0.25) is 0 Å². The number of carbonyl (C=O) groups excluding carboxylic acids is 1. The maximum Gasteiger partial charge on any atom is 0.326 e. The van der Waals surface area contributed by atoms with Gasteiger partial charge >= 0.3 is 5.97 Å². The van der Waals surface area contributed by atoms with E-state index in [1.807, 2.05) is 19.2 Å². The molecule has 1 atom stereocenters. The van der Waals surface area contributed by atoms with Crippen molar-refractivity contribution in [2.45, 2.75) is 11.7 Å². The van der Waals surface area contributed by atoms with Crippen molar-refractivity contribution in [1.82, 2.24) is 0 Å². The topological polar surface area (TPSA) is 26.3 Å². The fourth-order valence-corrected chi connectivity index (χ4v) is 3.17. The maximum atomic E-state index is 11.9. The largest absolute Gasteiger partial charge is 0.468 e. The van der Waals surface area contributed by atoms with E-state index < -0.39 is 4.75 Å². The first kappa shape index (κ1) is 12.5. The van der Waals surface area contributed by atoms with Gasteiger partial charge in [-0.1, -0.05) is 12.1 Å². The second-order valence-corrected chi connectivity index (χ2v) is 5.91. The van der Waals surface area contributed by atoms with Crippen LogP contribution in [-0.4, -0.2) is 19.3 Å². The molecule has 0 spiro atoms. The van der Waals surface area contributed by atoms with Crippen molar-refractivity contribution in [2.75, 3.05) is 13.4 Å². The SMILES string of the molecule is COC(=O)C(C)(SC)c1ccc2cscc2c1. The number of fused-ring (bicyclic) bond motifs is 1. The molecule has 1 heterocycles. The van der Waals surface area contributed by atoms with Crippen LogP contribution in [0.2, 0.25) is 0 Å². The van der Waals surface area contributed by atoms with E-state index in [9.17, 15) is 4.79 Å². The van der Waals surface area contributed by atoms with Crippen molar-refractivity contribution >= 4 is 39.8 Å². The van der Waals surface area contributed by atoms with Gasteiger partial charge in [-0.05, 0) is 46.3 Å². The number of thioether (sulfide) groups is 1. The minimum atomic E-state index is -0.634. The zero-order valence-corrected chi connectivity index (χ0v) is 11.7. The van der Waals surface area contributed by atoms with E-state index in [1.165, 1.54) is 29.6 Å². The highest BCUT2D eigenvalue weighted by Crippen LogP contribution is 2.37. The van der Waals surface area contributed by atoms with Crippen molar-refractivity contribution in [3.63, 3.8) is 0 Å². The van der Waals surface area contributed by atoms with Gasteiger partial charge in [-0.3, -0.25) is 4.79 Å². The van der Waals surface area contributed by atoms with Crippen molar-refractivity contribution < 1.29 is 9.53 Å². The molecule has 17 heavy (non-hydrogen) atoms. The molecule has 90 valence electrons. The first-order valence-electron chi connectivity index (χ1n) is 5.22. The van der Waals surface area contributed by atoms with Gasteiger partial charge in [-0.2, -0.15) is 11.3 Å². The zero-order chi connectivity index (χ0) is 12.5. The molecule has 0 saturated carbocycles. The summed E-state index contributed by atoms with van der Waals surface area (Å²) in [5.74, 6) is -0.209. The minimum absolute atomic E-state index is 0.209. The second kappa shape index (κ2) is 4.70. The van der Waals surface area contributed by atoms with Crippen LogP contribution in [0.25, 0.3) is 10.8 Å². The summed E-state index contributed by atoms with van der Waals surface area (Å²) in [6, 6.07) is 6.13. The summed E-state index contributed by atoms with van der Waals surface area (Å²) in [4.78, 5) is 11.9. The van der Waals surface area contributed by atoms with Crippen LogP contribution >= 0.6 is 23.1 Å². The summed E-state index contributed by atoms with van der Waals surface area (Å²) in [6.45, 7) is 1.90. The molecular formula is C13H14O2S2. The summed E-state index contributed by atoms with van der Waals surface area (Å²) in [5, 5.41) is 6.59. The first-order chi connectivity index (χ1) is 8.11. The molecule has 0 aliphatic heterocycles. The molecule has 1 aromatic heterocycles. The van der Waals surface area contributed by atoms with Crippen molar-refractivity contribution in [3.8, 4) is 0 Å². The van der Waals surface area contributed by atoms with Gasteiger partial charge in [0.15, 0.2) is 0 Å². The Morgan fingerprint density at radius 1 is 1.35 bits per heavy atom. The molecule has 0 fully saturated rings. The summed E-state index contributed by atoms with van der Waals surface area (Å²) >= 11 is 3.17. The van der Waals surface area contributed by atoms with E-state index in [4.69, 9.17) is 4.74 Å². The Hall–Kier alpha value is -1.00. The van der Waals surface area contributed by atoms with Crippen LogP contribution in [0.3, 0.4) is 0 Å². The van der Waals surface area contributed by atoms with Crippen LogP contribution in [0.15, 0.2) is 29.0 Å². The molecule has 2 nitrogen and oxygen atoms in total. The number of hydrogen-bond donors (Lipinski definition) is 0. The van der Waals surface area contributed by atoms with E-state index in [2.05, 4.69) is 22.9 Å². The third-order valence-corrected chi connectivity index (χ3v) is 5.01. The van der Waals surface area contributed by atoms with Crippen LogP contribution in [0.1, 0.15) is 12.5 Å². The number of benzene rings is 1. The van der Waals surface area contributed by atoms with Crippen molar-refractivity contribution in [3.05, 3.63) is 34.5 Å². The van der Waals surface area contributed by atoms with Gasteiger partial charge in [-0.15, -0.1) is 11.8 Å². The number of thiophene rings is 1. The Kier molecular flexibility index (Phi) is 3.45. The Bertz CT molecular complexity index is 547. The predicted molar refractivity (Wildman–Crippen MR) is 74.7 cm³/mol. The highest BCUT2D eigenvalue weighted by molar-refractivity contribution is 8.00. The highest BCUT2D eigenvalue weighted by atomic mass is 32.2. The molecule has 0 saturated heterocycles. The van der Waals surface area contributed by atoms with Crippen molar-refractivity contribution in [1.29, 1.82) is 0 Å². The minimum Gasteiger partial charge on any atom is -0.468 e. The van der Waals surface area contributed by atoms with Crippen LogP contribution in [0.5, 0.6) is 0 Å². The lowest BCUT2D eigenvalue weighted by molar-refractivity contribution is -0.143. The third-order valence-electron chi connectivity index (χ3n) is 3.01. The van der Waals surface area contributed by atoms with Crippen LogP contribution in [0, 0.1) is 0 Å². The van der Waals surface area contributed by atoms with Gasteiger partial charge in [0.05, 0.1) is 7.11 Å². The van der Waals surface area contributed by atoms with Crippen LogP contribution in [0.4, 0.5) is 0 Å². The summed E-state index contributed by atoms with van der Waals surface area (Å²) in [5.41, 5.74) is 0.989.